The topological polar surface area (TPSA) is 106 Å². The third-order valence-electron chi connectivity index (χ3n) is 8.90. The maximum atomic E-state index is 13.2. The molecule has 3 atom stereocenters. The molecule has 6 rings (SSSR count). The zero-order valence-electron chi connectivity index (χ0n) is 21.7. The summed E-state index contributed by atoms with van der Waals surface area (Å²) in [5, 5.41) is 14.4. The van der Waals surface area contributed by atoms with Crippen molar-refractivity contribution in [1.29, 1.82) is 0 Å². The first-order valence-corrected chi connectivity index (χ1v) is 13.7. The number of alkyl halides is 3. The number of hydrogen-bond acceptors (Lipinski definition) is 5. The van der Waals surface area contributed by atoms with E-state index in [0.717, 1.165) is 12.8 Å². The van der Waals surface area contributed by atoms with Crippen molar-refractivity contribution in [2.75, 3.05) is 6.54 Å². The van der Waals surface area contributed by atoms with Gasteiger partial charge >= 0.3 is 6.18 Å². The van der Waals surface area contributed by atoms with Crippen LogP contribution in [0.3, 0.4) is 0 Å². The van der Waals surface area contributed by atoms with E-state index in [1.165, 1.54) is 19.3 Å². The molecule has 1 saturated heterocycles. The molecule has 0 radical (unpaired) electrons. The summed E-state index contributed by atoms with van der Waals surface area (Å²) in [6.07, 6.45) is 4.68. The smallest absolute Gasteiger partial charge is 0.355 e. The number of piperidine rings is 1. The molecule has 2 saturated carbocycles. The summed E-state index contributed by atoms with van der Waals surface area (Å²) < 4.78 is 43.0. The third-order valence-corrected chi connectivity index (χ3v) is 8.90. The fourth-order valence-corrected chi connectivity index (χ4v) is 6.58. The normalized spacial score (nSPS) is 23.7. The highest BCUT2D eigenvalue weighted by atomic mass is 19.4. The number of hydrogen-bond donors (Lipinski definition) is 2. The van der Waals surface area contributed by atoms with Crippen LogP contribution in [-0.4, -0.2) is 48.9 Å². The van der Waals surface area contributed by atoms with Crippen LogP contribution in [0.4, 0.5) is 13.2 Å². The Kier molecular flexibility index (Phi) is 6.38. The summed E-state index contributed by atoms with van der Waals surface area (Å²) in [4.78, 5) is 30.3. The van der Waals surface area contributed by atoms with Crippen molar-refractivity contribution in [2.24, 2.45) is 23.2 Å². The molecule has 0 bridgehead atoms. The SMILES string of the molecule is CCn1nccc1C(=O)NC(c1cn2nc(CC3C[C@@H](C(F)(F)F)CNC3=O)ccc2n1)C1CC2(CCC2)C1. The molecule has 1 spiro atoms. The Bertz CT molecular complexity index is 1390. The minimum atomic E-state index is -4.35. The van der Waals surface area contributed by atoms with Gasteiger partial charge in [-0.3, -0.25) is 14.3 Å². The Balaban J connectivity index is 1.23. The minimum Gasteiger partial charge on any atom is -0.355 e. The average molecular weight is 544 g/mol. The highest BCUT2D eigenvalue weighted by Gasteiger charge is 2.51. The maximum Gasteiger partial charge on any atom is 0.393 e. The van der Waals surface area contributed by atoms with Crippen molar-refractivity contribution in [3.8, 4) is 0 Å². The van der Waals surface area contributed by atoms with Crippen molar-refractivity contribution in [3.05, 3.63) is 47.7 Å². The minimum absolute atomic E-state index is 0.105. The number of aryl methyl sites for hydroxylation is 1. The summed E-state index contributed by atoms with van der Waals surface area (Å²) in [6, 6.07) is 4.86. The van der Waals surface area contributed by atoms with Gasteiger partial charge in [0.15, 0.2) is 5.65 Å². The molecular formula is C27H32F3N7O2. The number of imidazole rings is 1. The molecule has 3 aromatic heterocycles. The molecule has 2 amide bonds. The lowest BCUT2D eigenvalue weighted by atomic mass is 9.50. The molecular weight excluding hydrogens is 511 g/mol. The number of fused-ring (bicyclic) bond motifs is 1. The van der Waals surface area contributed by atoms with Crippen LogP contribution in [0.15, 0.2) is 30.6 Å². The summed E-state index contributed by atoms with van der Waals surface area (Å²) in [6.45, 7) is 2.13. The molecule has 2 unspecified atom stereocenters. The number of nitrogens with zero attached hydrogens (tertiary/aromatic N) is 5. The Morgan fingerprint density at radius 3 is 2.74 bits per heavy atom. The zero-order chi connectivity index (χ0) is 27.4. The molecule has 3 fully saturated rings. The van der Waals surface area contributed by atoms with Gasteiger partial charge in [-0.2, -0.15) is 23.4 Å². The lowest BCUT2D eigenvalue weighted by Gasteiger charge is -2.56. The molecule has 3 aliphatic rings. The van der Waals surface area contributed by atoms with Gasteiger partial charge in [-0.25, -0.2) is 9.50 Å². The molecule has 208 valence electrons. The van der Waals surface area contributed by atoms with Gasteiger partial charge < -0.3 is 10.6 Å². The summed E-state index contributed by atoms with van der Waals surface area (Å²) >= 11 is 0. The van der Waals surface area contributed by atoms with Gasteiger partial charge in [0.1, 0.15) is 5.69 Å². The standard InChI is InChI=1S/C27H32F3N7O2/c1-2-36-21(6-9-32-36)25(39)34-23(17-12-26(13-17)7-3-8-26)20-15-37-22(33-20)5-4-19(35-37)11-16-10-18(27(28,29)30)14-31-24(16)38/h4-6,9,15-18,23H,2-3,7-8,10-14H2,1H3,(H,31,38)(H,34,39)/t16?,18-,23?/m1/s1. The fraction of sp³-hybridized carbons (Fsp3) is 0.593. The second-order valence-electron chi connectivity index (χ2n) is 11.4. The van der Waals surface area contributed by atoms with E-state index < -0.39 is 18.0 Å². The van der Waals surface area contributed by atoms with E-state index in [1.807, 2.05) is 6.92 Å². The van der Waals surface area contributed by atoms with Crippen LogP contribution >= 0.6 is 0 Å². The van der Waals surface area contributed by atoms with Gasteiger partial charge in [0.2, 0.25) is 5.91 Å². The molecule has 3 aromatic rings. The van der Waals surface area contributed by atoms with Crippen LogP contribution in [0, 0.1) is 23.2 Å². The van der Waals surface area contributed by atoms with Crippen LogP contribution in [0.5, 0.6) is 0 Å². The quantitative estimate of drug-likeness (QED) is 0.471. The summed E-state index contributed by atoms with van der Waals surface area (Å²) in [5.74, 6) is -2.70. The van der Waals surface area contributed by atoms with E-state index in [1.54, 1.807) is 39.8 Å². The molecule has 0 aromatic carbocycles. The zero-order valence-corrected chi connectivity index (χ0v) is 21.7. The number of amides is 2. The van der Waals surface area contributed by atoms with E-state index in [-0.39, 0.29) is 43.2 Å². The number of aromatic nitrogens is 5. The number of rotatable bonds is 7. The van der Waals surface area contributed by atoms with Gasteiger partial charge in [0.25, 0.3) is 5.91 Å². The van der Waals surface area contributed by atoms with Crippen LogP contribution in [0.25, 0.3) is 5.65 Å². The largest absolute Gasteiger partial charge is 0.393 e. The Morgan fingerprint density at radius 2 is 2.05 bits per heavy atom. The van der Waals surface area contributed by atoms with Gasteiger partial charge in [0, 0.05) is 31.6 Å². The van der Waals surface area contributed by atoms with Crippen molar-refractivity contribution >= 4 is 17.5 Å². The van der Waals surface area contributed by atoms with Gasteiger partial charge in [-0.05, 0) is 68.6 Å². The average Bonchev–Trinajstić information content (AvgIpc) is 3.49. The van der Waals surface area contributed by atoms with Gasteiger partial charge in [-0.1, -0.05) is 6.42 Å². The first-order valence-electron chi connectivity index (χ1n) is 13.7. The van der Waals surface area contributed by atoms with E-state index in [4.69, 9.17) is 4.98 Å². The number of nitrogens with one attached hydrogen (secondary N) is 2. The van der Waals surface area contributed by atoms with Gasteiger partial charge in [-0.15, -0.1) is 0 Å². The Morgan fingerprint density at radius 1 is 1.26 bits per heavy atom. The molecule has 1 aliphatic heterocycles. The number of carbonyl (C=O) groups excluding carboxylic acids is 2. The fourth-order valence-electron chi connectivity index (χ4n) is 6.58. The first kappa shape index (κ1) is 25.8. The molecule has 12 heteroatoms. The van der Waals surface area contributed by atoms with Crippen molar-refractivity contribution in [1.82, 2.24) is 35.0 Å². The molecule has 4 heterocycles. The van der Waals surface area contributed by atoms with Crippen molar-refractivity contribution in [2.45, 2.75) is 70.6 Å². The molecule has 9 nitrogen and oxygen atoms in total. The lowest BCUT2D eigenvalue weighted by molar-refractivity contribution is -0.183. The molecule has 2 aliphatic carbocycles. The molecule has 39 heavy (non-hydrogen) atoms. The number of carbonyl (C=O) groups is 2. The summed E-state index contributed by atoms with van der Waals surface area (Å²) in [7, 11) is 0. The lowest BCUT2D eigenvalue weighted by Crippen LogP contribution is -2.48. The Labute approximate surface area is 223 Å². The third kappa shape index (κ3) is 4.89. The Hall–Kier alpha value is -3.44. The van der Waals surface area contributed by atoms with Crippen LogP contribution in [0.1, 0.15) is 73.4 Å². The van der Waals surface area contributed by atoms with E-state index >= 15 is 0 Å². The molecule has 2 N–H and O–H groups in total. The van der Waals surface area contributed by atoms with Crippen molar-refractivity contribution < 1.29 is 22.8 Å². The van der Waals surface area contributed by atoms with Crippen LogP contribution in [-0.2, 0) is 17.8 Å². The predicted molar refractivity (Wildman–Crippen MR) is 134 cm³/mol. The second-order valence-corrected chi connectivity index (χ2v) is 11.4. The number of halogens is 3. The second kappa shape index (κ2) is 9.63. The monoisotopic (exact) mass is 543 g/mol. The van der Waals surface area contributed by atoms with E-state index in [9.17, 15) is 22.8 Å². The van der Waals surface area contributed by atoms with Crippen LogP contribution < -0.4 is 10.6 Å². The van der Waals surface area contributed by atoms with Crippen molar-refractivity contribution in [3.63, 3.8) is 0 Å². The van der Waals surface area contributed by atoms with Crippen LogP contribution in [0.2, 0.25) is 0 Å². The highest BCUT2D eigenvalue weighted by molar-refractivity contribution is 5.92. The van der Waals surface area contributed by atoms with E-state index in [2.05, 4.69) is 20.8 Å². The highest BCUT2D eigenvalue weighted by Crippen LogP contribution is 2.61. The van der Waals surface area contributed by atoms with Gasteiger partial charge in [0.05, 0.1) is 29.5 Å². The summed E-state index contributed by atoms with van der Waals surface area (Å²) in [5.41, 5.74) is 2.68. The first-order chi connectivity index (χ1) is 18.6. The maximum absolute atomic E-state index is 13.2. The predicted octanol–water partition coefficient (Wildman–Crippen LogP) is 3.85. The van der Waals surface area contributed by atoms with E-state index in [0.29, 0.717) is 34.7 Å².